The highest BCUT2D eigenvalue weighted by molar-refractivity contribution is 6.16. The summed E-state index contributed by atoms with van der Waals surface area (Å²) >= 11 is 0. The molecule has 8 heteroatoms. The number of halogens is 4. The molecule has 174 valence electrons. The first-order valence-electron chi connectivity index (χ1n) is 11.3. The maximum Gasteiger partial charge on any atom is 0.417 e. The molecule has 2 bridgehead atoms. The second-order valence-electron chi connectivity index (χ2n) is 9.29. The number of carbonyl (C=O) groups is 2. The van der Waals surface area contributed by atoms with Crippen LogP contribution in [0, 0.1) is 29.5 Å². The van der Waals surface area contributed by atoms with Crippen molar-refractivity contribution in [1.82, 2.24) is 4.98 Å². The van der Waals surface area contributed by atoms with Gasteiger partial charge in [-0.05, 0) is 73.3 Å². The smallest absolute Gasteiger partial charge is 0.417 e. The Balaban J connectivity index is 1.47. The summed E-state index contributed by atoms with van der Waals surface area (Å²) in [6.45, 7) is 1.91. The van der Waals surface area contributed by atoms with E-state index >= 15 is 0 Å². The van der Waals surface area contributed by atoms with E-state index in [9.17, 15) is 27.2 Å². The molecule has 4 aliphatic carbocycles. The molecule has 4 nitrogen and oxygen atoms in total. The predicted molar refractivity (Wildman–Crippen MR) is 110 cm³/mol. The Morgan fingerprint density at radius 3 is 2.12 bits per heavy atom. The number of carbonyl (C=O) groups excluding carboxylic acids is 2. The number of hydrogen-bond acceptors (Lipinski definition) is 4. The third-order valence-corrected chi connectivity index (χ3v) is 7.60. The van der Waals surface area contributed by atoms with E-state index in [1.807, 2.05) is 6.92 Å². The number of benzene rings is 1. The van der Waals surface area contributed by atoms with Gasteiger partial charge in [-0.15, -0.1) is 0 Å². The Hall–Kier alpha value is -2.77. The molecular formula is C25H23F4NO3. The summed E-state index contributed by atoms with van der Waals surface area (Å²) in [5, 5.41) is 0. The van der Waals surface area contributed by atoms with Gasteiger partial charge in [-0.3, -0.25) is 9.59 Å². The van der Waals surface area contributed by atoms with Gasteiger partial charge in [-0.25, -0.2) is 9.37 Å². The molecule has 2 unspecified atom stereocenters. The van der Waals surface area contributed by atoms with Crippen LogP contribution in [-0.2, 0) is 22.2 Å². The number of rotatable bonds is 4. The van der Waals surface area contributed by atoms with Crippen molar-refractivity contribution >= 4 is 11.6 Å². The van der Waals surface area contributed by atoms with Crippen molar-refractivity contribution in [3.63, 3.8) is 0 Å². The Morgan fingerprint density at radius 2 is 1.61 bits per heavy atom. The van der Waals surface area contributed by atoms with Crippen molar-refractivity contribution in [2.24, 2.45) is 23.7 Å². The first-order valence-corrected chi connectivity index (χ1v) is 11.3. The van der Waals surface area contributed by atoms with Gasteiger partial charge in [0.05, 0.1) is 5.56 Å². The Labute approximate surface area is 188 Å². The van der Waals surface area contributed by atoms with E-state index in [0.29, 0.717) is 24.2 Å². The summed E-state index contributed by atoms with van der Waals surface area (Å²) in [6.07, 6.45) is 0.314. The van der Waals surface area contributed by atoms with Gasteiger partial charge in [0.1, 0.15) is 11.7 Å². The maximum atomic E-state index is 14.2. The zero-order chi connectivity index (χ0) is 23.5. The van der Waals surface area contributed by atoms with Crippen molar-refractivity contribution in [3.8, 4) is 11.6 Å². The summed E-state index contributed by atoms with van der Waals surface area (Å²) in [4.78, 5) is 30.3. The van der Waals surface area contributed by atoms with E-state index in [2.05, 4.69) is 4.98 Å². The highest BCUT2D eigenvalue weighted by atomic mass is 19.4. The topological polar surface area (TPSA) is 56.3 Å². The SMILES string of the molecule is CCc1ccc(Oc2ncc(C(F)(F)F)cc2F)cc1C1C(=O)C2C3CCC(CC3)C2C1=O. The zero-order valence-electron chi connectivity index (χ0n) is 18.0. The molecule has 2 aromatic rings. The number of nitrogens with zero attached hydrogens (tertiary/aromatic N) is 1. The Kier molecular flexibility index (Phi) is 5.29. The third kappa shape index (κ3) is 3.63. The van der Waals surface area contributed by atoms with Crippen LogP contribution in [0.3, 0.4) is 0 Å². The maximum absolute atomic E-state index is 14.2. The molecule has 0 radical (unpaired) electrons. The standard InChI is InChI=1S/C25H23F4NO3/c1-2-12-7-8-16(33-24-18(26)9-15(11-30-24)25(27,28)29)10-17(12)21-22(31)19-13-3-4-14(6-5-13)20(19)23(21)32/h7-11,13-14,19-21H,2-6H2,1H3. The van der Waals surface area contributed by atoms with Crippen LogP contribution in [-0.4, -0.2) is 16.6 Å². The number of Topliss-reactive ketones (excluding diaryl/α,β-unsaturated/α-hetero) is 2. The normalized spacial score (nSPS) is 28.8. The van der Waals surface area contributed by atoms with E-state index in [4.69, 9.17) is 4.74 Å². The lowest BCUT2D eigenvalue weighted by molar-refractivity contribution is -0.138. The lowest BCUT2D eigenvalue weighted by Crippen LogP contribution is -2.41. The van der Waals surface area contributed by atoms with Crippen LogP contribution in [0.5, 0.6) is 11.6 Å². The van der Waals surface area contributed by atoms with Crippen molar-refractivity contribution in [2.45, 2.75) is 51.1 Å². The summed E-state index contributed by atoms with van der Waals surface area (Å²) in [5.74, 6) is -2.60. The molecule has 4 saturated carbocycles. The van der Waals surface area contributed by atoms with Crippen molar-refractivity contribution in [3.05, 3.63) is 53.0 Å². The molecule has 0 aliphatic heterocycles. The van der Waals surface area contributed by atoms with Crippen LogP contribution in [0.2, 0.25) is 0 Å². The van der Waals surface area contributed by atoms with Gasteiger partial charge < -0.3 is 4.74 Å². The molecule has 1 aromatic carbocycles. The first kappa shape index (κ1) is 22.0. The number of alkyl halides is 3. The Bertz CT molecular complexity index is 1090. The van der Waals surface area contributed by atoms with Gasteiger partial charge >= 0.3 is 6.18 Å². The second-order valence-corrected chi connectivity index (χ2v) is 9.29. The van der Waals surface area contributed by atoms with Crippen LogP contribution >= 0.6 is 0 Å². The lowest BCUT2D eigenvalue weighted by Gasteiger charge is -2.43. The number of pyridine rings is 1. The molecule has 6 rings (SSSR count). The van der Waals surface area contributed by atoms with Crippen LogP contribution < -0.4 is 4.74 Å². The molecule has 1 aromatic heterocycles. The van der Waals surface area contributed by atoms with Crippen molar-refractivity contribution in [2.75, 3.05) is 0 Å². The minimum Gasteiger partial charge on any atom is -0.436 e. The van der Waals surface area contributed by atoms with E-state index in [0.717, 1.165) is 31.2 Å². The predicted octanol–water partition coefficient (Wildman–Crippen LogP) is 5.88. The van der Waals surface area contributed by atoms with Gasteiger partial charge in [0.15, 0.2) is 17.4 Å². The average Bonchev–Trinajstić information content (AvgIpc) is 3.07. The minimum absolute atomic E-state index is 0.0370. The molecule has 1 heterocycles. The summed E-state index contributed by atoms with van der Waals surface area (Å²) in [5.41, 5.74) is 0.153. The van der Waals surface area contributed by atoms with Crippen LogP contribution in [0.4, 0.5) is 17.6 Å². The molecule has 0 N–H and O–H groups in total. The van der Waals surface area contributed by atoms with Crippen molar-refractivity contribution in [1.29, 1.82) is 0 Å². The fourth-order valence-corrected chi connectivity index (χ4v) is 6.09. The zero-order valence-corrected chi connectivity index (χ0v) is 18.0. The highest BCUT2D eigenvalue weighted by Gasteiger charge is 2.59. The van der Waals surface area contributed by atoms with Gasteiger partial charge in [0, 0.05) is 18.0 Å². The van der Waals surface area contributed by atoms with E-state index in [-0.39, 0.29) is 41.0 Å². The van der Waals surface area contributed by atoms with Gasteiger partial charge in [-0.1, -0.05) is 13.0 Å². The molecule has 0 spiro atoms. The summed E-state index contributed by atoms with van der Waals surface area (Å²) in [7, 11) is 0. The average molecular weight is 461 g/mol. The van der Waals surface area contributed by atoms with Crippen molar-refractivity contribution < 1.29 is 31.9 Å². The molecule has 4 fully saturated rings. The number of ether oxygens (including phenoxy) is 1. The van der Waals surface area contributed by atoms with Gasteiger partial charge in [-0.2, -0.15) is 13.2 Å². The quantitative estimate of drug-likeness (QED) is 0.421. The molecular weight excluding hydrogens is 438 g/mol. The number of fused-ring (bicyclic) bond motifs is 2. The van der Waals surface area contributed by atoms with E-state index in [1.165, 1.54) is 6.07 Å². The molecule has 0 amide bonds. The monoisotopic (exact) mass is 461 g/mol. The molecule has 4 aliphatic rings. The van der Waals surface area contributed by atoms with Gasteiger partial charge in [0.25, 0.3) is 5.88 Å². The fourth-order valence-electron chi connectivity index (χ4n) is 6.09. The van der Waals surface area contributed by atoms with Crippen LogP contribution in [0.15, 0.2) is 30.5 Å². The molecule has 0 saturated heterocycles. The number of ketones is 2. The van der Waals surface area contributed by atoms with Crippen LogP contribution in [0.1, 0.15) is 55.2 Å². The third-order valence-electron chi connectivity index (χ3n) is 7.60. The molecule has 2 atom stereocenters. The van der Waals surface area contributed by atoms with Crippen LogP contribution in [0.25, 0.3) is 0 Å². The first-order chi connectivity index (χ1) is 15.7. The summed E-state index contributed by atoms with van der Waals surface area (Å²) < 4.78 is 58.0. The fraction of sp³-hybridized carbons (Fsp3) is 0.480. The van der Waals surface area contributed by atoms with Gasteiger partial charge in [0.2, 0.25) is 0 Å². The summed E-state index contributed by atoms with van der Waals surface area (Å²) in [6, 6.07) is 5.12. The number of aromatic nitrogens is 1. The van der Waals surface area contributed by atoms with E-state index in [1.54, 1.807) is 12.1 Å². The Morgan fingerprint density at radius 1 is 1.00 bits per heavy atom. The second kappa shape index (κ2) is 7.92. The largest absolute Gasteiger partial charge is 0.436 e. The van der Waals surface area contributed by atoms with E-state index < -0.39 is 29.4 Å². The highest BCUT2D eigenvalue weighted by Crippen LogP contribution is 2.56. The lowest BCUT2D eigenvalue weighted by atomic mass is 9.59. The minimum atomic E-state index is -4.72. The number of aryl methyl sites for hydroxylation is 1. The molecule has 33 heavy (non-hydrogen) atoms. The number of hydrogen-bond donors (Lipinski definition) is 0.